The highest BCUT2D eigenvalue weighted by Gasteiger charge is 2.02. The summed E-state index contributed by atoms with van der Waals surface area (Å²) in [5, 5.41) is 26.0. The molecular weight excluding hydrogens is 368 g/mol. The summed E-state index contributed by atoms with van der Waals surface area (Å²) in [6.45, 7) is 1.20. The van der Waals surface area contributed by atoms with Crippen molar-refractivity contribution in [1.82, 2.24) is 22.9 Å². The lowest BCUT2D eigenvalue weighted by Gasteiger charge is -2.07. The predicted octanol–water partition coefficient (Wildman–Crippen LogP) is 0.152. The molecule has 0 unspecified atom stereocenters. The summed E-state index contributed by atoms with van der Waals surface area (Å²) in [6, 6.07) is 0. The first kappa shape index (κ1) is 30.5. The standard InChI is InChI=1S/C18H32N2O6.2H3N/c21-15(9-3-5-11-17(23)24)19-13-7-1-2-8-14-20-16(22)10-4-6-12-18(25)26;;/h1-14H2,(H,19,21)(H,20,22)(H,23,24)(H,25,26);2*1H3. The zero-order valence-electron chi connectivity index (χ0n) is 17.3. The number of hydrogen-bond acceptors (Lipinski definition) is 6. The molecule has 28 heavy (non-hydrogen) atoms. The molecule has 0 aliphatic rings. The van der Waals surface area contributed by atoms with E-state index in [0.29, 0.717) is 51.6 Å². The number of aliphatic carboxylic acids is 2. The molecule has 166 valence electrons. The largest absolute Gasteiger partial charge is 0.550 e. The van der Waals surface area contributed by atoms with Crippen LogP contribution in [-0.4, -0.2) is 36.8 Å². The molecule has 0 saturated heterocycles. The molecule has 10 N–H and O–H groups in total. The lowest BCUT2D eigenvalue weighted by molar-refractivity contribution is -0.307. The van der Waals surface area contributed by atoms with E-state index < -0.39 is 11.9 Å². The van der Waals surface area contributed by atoms with E-state index in [-0.39, 0.29) is 37.0 Å². The Hall–Kier alpha value is -2.20. The summed E-state index contributed by atoms with van der Waals surface area (Å²) < 4.78 is 0. The number of hydrogen-bond donors (Lipinski definition) is 4. The minimum Gasteiger partial charge on any atom is -0.550 e. The number of carbonyl (C=O) groups excluding carboxylic acids is 4. The van der Waals surface area contributed by atoms with E-state index in [2.05, 4.69) is 10.6 Å². The van der Waals surface area contributed by atoms with Gasteiger partial charge in [0, 0.05) is 37.9 Å². The van der Waals surface area contributed by atoms with Crippen molar-refractivity contribution in [2.45, 2.75) is 77.0 Å². The number of quaternary nitrogens is 2. The maximum atomic E-state index is 11.5. The van der Waals surface area contributed by atoms with Crippen LogP contribution in [-0.2, 0) is 19.2 Å². The van der Waals surface area contributed by atoms with Gasteiger partial charge in [-0.1, -0.05) is 12.8 Å². The number of amides is 2. The summed E-state index contributed by atoms with van der Waals surface area (Å²) in [5.41, 5.74) is 0. The number of unbranched alkanes of at least 4 members (excludes halogenated alkanes) is 5. The van der Waals surface area contributed by atoms with Gasteiger partial charge in [-0.3, -0.25) is 9.59 Å². The molecular formula is C18H38N4O6. The molecule has 0 bridgehead atoms. The third-order valence-corrected chi connectivity index (χ3v) is 3.82. The molecule has 0 atom stereocenters. The minimum atomic E-state index is -1.09. The predicted molar refractivity (Wildman–Crippen MR) is 103 cm³/mol. The number of carboxylic acids is 2. The molecule has 0 radical (unpaired) electrons. The van der Waals surface area contributed by atoms with E-state index in [1.807, 2.05) is 0 Å². The van der Waals surface area contributed by atoms with Crippen molar-refractivity contribution in [2.24, 2.45) is 0 Å². The van der Waals surface area contributed by atoms with E-state index in [1.54, 1.807) is 0 Å². The van der Waals surface area contributed by atoms with Gasteiger partial charge in [-0.2, -0.15) is 0 Å². The molecule has 0 saturated carbocycles. The summed E-state index contributed by atoms with van der Waals surface area (Å²) in [7, 11) is 0. The van der Waals surface area contributed by atoms with Crippen molar-refractivity contribution in [3.05, 3.63) is 0 Å². The highest BCUT2D eigenvalue weighted by molar-refractivity contribution is 5.76. The summed E-state index contributed by atoms with van der Waals surface area (Å²) in [6.07, 6.45) is 6.29. The smallest absolute Gasteiger partial charge is 0.219 e. The van der Waals surface area contributed by atoms with Crippen LogP contribution in [0.2, 0.25) is 0 Å². The summed E-state index contributed by atoms with van der Waals surface area (Å²) in [4.78, 5) is 43.4. The average molecular weight is 407 g/mol. The van der Waals surface area contributed by atoms with Crippen LogP contribution < -0.4 is 33.1 Å². The Morgan fingerprint density at radius 1 is 0.500 bits per heavy atom. The van der Waals surface area contributed by atoms with Gasteiger partial charge in [-0.25, -0.2) is 0 Å². The summed E-state index contributed by atoms with van der Waals surface area (Å²) >= 11 is 0. The fraction of sp³-hybridized carbons (Fsp3) is 0.778. The van der Waals surface area contributed by atoms with Gasteiger partial charge in [0.15, 0.2) is 0 Å². The van der Waals surface area contributed by atoms with Crippen molar-refractivity contribution >= 4 is 23.8 Å². The Morgan fingerprint density at radius 2 is 0.821 bits per heavy atom. The zero-order chi connectivity index (χ0) is 19.6. The van der Waals surface area contributed by atoms with Crippen molar-refractivity contribution < 1.29 is 29.4 Å². The zero-order valence-corrected chi connectivity index (χ0v) is 17.3. The van der Waals surface area contributed by atoms with Gasteiger partial charge in [0.05, 0.1) is 0 Å². The van der Waals surface area contributed by atoms with Gasteiger partial charge in [-0.05, 0) is 51.4 Å². The Labute approximate surface area is 167 Å². The lowest BCUT2D eigenvalue weighted by Crippen LogP contribution is -2.25. The van der Waals surface area contributed by atoms with E-state index in [0.717, 1.165) is 25.7 Å². The summed E-state index contributed by atoms with van der Waals surface area (Å²) in [5.74, 6) is -2.29. The van der Waals surface area contributed by atoms with Crippen LogP contribution in [0.4, 0.5) is 0 Å². The SMILES string of the molecule is O=C([O-])CCCCC(=O)NCCCCCCNC(=O)CCCCC(=O)[O-].[NH4+].[NH4+]. The Bertz CT molecular complexity index is 406. The second-order valence-corrected chi connectivity index (χ2v) is 6.27. The second-order valence-electron chi connectivity index (χ2n) is 6.27. The number of rotatable bonds is 17. The van der Waals surface area contributed by atoms with Gasteiger partial charge in [0.2, 0.25) is 11.8 Å². The number of nitrogens with one attached hydrogen (secondary N) is 2. The number of carbonyl (C=O) groups is 4. The van der Waals surface area contributed by atoms with Crippen LogP contribution in [0.15, 0.2) is 0 Å². The highest BCUT2D eigenvalue weighted by Crippen LogP contribution is 2.02. The van der Waals surface area contributed by atoms with Gasteiger partial charge >= 0.3 is 0 Å². The van der Waals surface area contributed by atoms with E-state index in [1.165, 1.54) is 0 Å². The second kappa shape index (κ2) is 21.1. The fourth-order valence-electron chi connectivity index (χ4n) is 2.35. The van der Waals surface area contributed by atoms with Crippen molar-refractivity contribution in [2.75, 3.05) is 13.1 Å². The Balaban J connectivity index is -0.00000312. The number of carboxylic acid groups (broad SMARTS) is 2. The first-order chi connectivity index (χ1) is 12.4. The molecule has 10 nitrogen and oxygen atoms in total. The maximum absolute atomic E-state index is 11.5. The molecule has 2 amide bonds. The first-order valence-electron chi connectivity index (χ1n) is 9.35. The van der Waals surface area contributed by atoms with E-state index >= 15 is 0 Å². The maximum Gasteiger partial charge on any atom is 0.219 e. The third kappa shape index (κ3) is 23.8. The topological polar surface area (TPSA) is 211 Å². The van der Waals surface area contributed by atoms with Crippen molar-refractivity contribution in [3.63, 3.8) is 0 Å². The minimum absolute atomic E-state index is 0. The Kier molecular flexibility index (Phi) is 23.0. The van der Waals surface area contributed by atoms with Gasteiger partial charge in [0.25, 0.3) is 0 Å². The normalized spacial score (nSPS) is 9.57. The molecule has 0 aromatic heterocycles. The Morgan fingerprint density at radius 3 is 1.14 bits per heavy atom. The molecule has 0 spiro atoms. The first-order valence-corrected chi connectivity index (χ1v) is 9.35. The quantitative estimate of drug-likeness (QED) is 0.247. The molecule has 0 aliphatic heterocycles. The molecule has 0 aliphatic carbocycles. The molecule has 0 aromatic carbocycles. The van der Waals surface area contributed by atoms with Crippen LogP contribution in [0.1, 0.15) is 77.0 Å². The molecule has 0 aromatic rings. The monoisotopic (exact) mass is 406 g/mol. The lowest BCUT2D eigenvalue weighted by atomic mass is 10.1. The highest BCUT2D eigenvalue weighted by atomic mass is 16.4. The molecule has 10 heteroatoms. The van der Waals surface area contributed by atoms with Crippen LogP contribution in [0.3, 0.4) is 0 Å². The van der Waals surface area contributed by atoms with Gasteiger partial charge in [-0.15, -0.1) is 0 Å². The van der Waals surface area contributed by atoms with Crippen LogP contribution in [0, 0.1) is 0 Å². The van der Waals surface area contributed by atoms with Crippen LogP contribution in [0.5, 0.6) is 0 Å². The third-order valence-electron chi connectivity index (χ3n) is 3.82. The molecule has 0 heterocycles. The van der Waals surface area contributed by atoms with E-state index in [9.17, 15) is 29.4 Å². The van der Waals surface area contributed by atoms with Crippen LogP contribution >= 0.6 is 0 Å². The van der Waals surface area contributed by atoms with Crippen LogP contribution in [0.25, 0.3) is 0 Å². The van der Waals surface area contributed by atoms with Gasteiger partial charge < -0.3 is 42.7 Å². The molecule has 0 rings (SSSR count). The van der Waals surface area contributed by atoms with Crippen molar-refractivity contribution in [3.8, 4) is 0 Å². The molecule has 0 fully saturated rings. The van der Waals surface area contributed by atoms with Crippen molar-refractivity contribution in [1.29, 1.82) is 0 Å². The van der Waals surface area contributed by atoms with E-state index in [4.69, 9.17) is 0 Å². The van der Waals surface area contributed by atoms with Gasteiger partial charge in [0.1, 0.15) is 0 Å². The fourth-order valence-corrected chi connectivity index (χ4v) is 2.35. The average Bonchev–Trinajstić information content (AvgIpc) is 2.57.